The van der Waals surface area contributed by atoms with Gasteiger partial charge in [-0.05, 0) is 65.7 Å². The summed E-state index contributed by atoms with van der Waals surface area (Å²) in [6, 6.07) is 12.3. The van der Waals surface area contributed by atoms with E-state index in [4.69, 9.17) is 14.2 Å². The number of aromatic amines is 1. The molecular weight excluding hydrogens is 446 g/mol. The lowest BCUT2D eigenvalue weighted by Crippen LogP contribution is -2.24. The maximum atomic E-state index is 12.8. The van der Waals surface area contributed by atoms with Gasteiger partial charge in [0.1, 0.15) is 12.4 Å². The van der Waals surface area contributed by atoms with Crippen LogP contribution in [0.2, 0.25) is 0 Å². The Morgan fingerprint density at radius 2 is 1.97 bits per heavy atom. The number of aromatic nitrogens is 4. The smallest absolute Gasteiger partial charge is 0.255 e. The second-order valence-electron chi connectivity index (χ2n) is 8.36. The molecule has 2 heterocycles. The summed E-state index contributed by atoms with van der Waals surface area (Å²) < 4.78 is 17.4. The molecule has 0 aliphatic carbocycles. The van der Waals surface area contributed by atoms with E-state index in [1.807, 2.05) is 6.08 Å². The van der Waals surface area contributed by atoms with Gasteiger partial charge in [0.25, 0.3) is 5.91 Å². The average Bonchev–Trinajstić information content (AvgIpc) is 3.43. The van der Waals surface area contributed by atoms with Gasteiger partial charge in [-0.15, -0.1) is 5.10 Å². The Morgan fingerprint density at radius 1 is 1.14 bits per heavy atom. The number of carbonyl (C=O) groups is 1. The molecule has 1 aliphatic rings. The van der Waals surface area contributed by atoms with Crippen LogP contribution in [0.5, 0.6) is 17.2 Å². The van der Waals surface area contributed by atoms with Crippen LogP contribution in [0.4, 0.5) is 5.69 Å². The van der Waals surface area contributed by atoms with Crippen LogP contribution >= 0.6 is 0 Å². The molecule has 4 rings (SSSR count). The van der Waals surface area contributed by atoms with Gasteiger partial charge in [0.2, 0.25) is 0 Å². The van der Waals surface area contributed by atoms with Crippen LogP contribution in [0.1, 0.15) is 74.2 Å². The van der Waals surface area contributed by atoms with Crippen molar-refractivity contribution in [3.63, 3.8) is 0 Å². The molecule has 0 bridgehead atoms. The van der Waals surface area contributed by atoms with Crippen molar-refractivity contribution in [1.82, 2.24) is 20.6 Å². The molecule has 2 aromatic carbocycles. The highest BCUT2D eigenvalue weighted by molar-refractivity contribution is 6.05. The van der Waals surface area contributed by atoms with Crippen molar-refractivity contribution in [2.24, 2.45) is 0 Å². The van der Waals surface area contributed by atoms with E-state index in [2.05, 4.69) is 32.9 Å². The third-order valence-corrected chi connectivity index (χ3v) is 5.69. The number of anilines is 1. The molecule has 9 heteroatoms. The summed E-state index contributed by atoms with van der Waals surface area (Å²) in [4.78, 5) is 12.8. The fourth-order valence-electron chi connectivity index (χ4n) is 3.75. The minimum atomic E-state index is -0.499. The number of allylic oxidation sites excluding steroid dienone is 1. The molecule has 1 atom stereocenters. The van der Waals surface area contributed by atoms with Crippen LogP contribution in [-0.4, -0.2) is 33.1 Å². The van der Waals surface area contributed by atoms with Gasteiger partial charge in [-0.25, -0.2) is 5.10 Å². The van der Waals surface area contributed by atoms with Crippen molar-refractivity contribution in [3.05, 3.63) is 66.2 Å². The van der Waals surface area contributed by atoms with Crippen LogP contribution in [0.25, 0.3) is 0 Å². The maximum absolute atomic E-state index is 12.8. The van der Waals surface area contributed by atoms with Crippen molar-refractivity contribution in [2.45, 2.75) is 58.0 Å². The summed E-state index contributed by atoms with van der Waals surface area (Å²) in [5, 5.41) is 16.6. The lowest BCUT2D eigenvalue weighted by atomic mass is 10.1. The second kappa shape index (κ2) is 12.5. The van der Waals surface area contributed by atoms with Crippen LogP contribution in [-0.2, 0) is 0 Å². The molecule has 0 spiro atoms. The number of benzene rings is 2. The predicted octanol–water partition coefficient (Wildman–Crippen LogP) is 5.61. The average molecular weight is 478 g/mol. The zero-order valence-electron chi connectivity index (χ0n) is 19.9. The number of rotatable bonds is 12. The normalized spacial score (nSPS) is 14.7. The van der Waals surface area contributed by atoms with Gasteiger partial charge in [-0.1, -0.05) is 45.1 Å². The SMILES string of the molecule is CCCCCCCCC=COc1ccc(C(=O)Nc2cccc3c2OC(c2nnn[nH]2)CO3)cc1. The van der Waals surface area contributed by atoms with Crippen molar-refractivity contribution in [3.8, 4) is 17.2 Å². The van der Waals surface area contributed by atoms with Gasteiger partial charge in [0.05, 0.1) is 11.9 Å². The molecule has 0 radical (unpaired) electrons. The fourth-order valence-corrected chi connectivity index (χ4v) is 3.75. The van der Waals surface area contributed by atoms with E-state index < -0.39 is 6.10 Å². The molecule has 184 valence electrons. The first-order valence-electron chi connectivity index (χ1n) is 12.1. The number of unbranched alkanes of at least 4 members (excludes halogenated alkanes) is 6. The van der Waals surface area contributed by atoms with Gasteiger partial charge in [-0.3, -0.25) is 4.79 Å². The molecular formula is C26H31N5O4. The van der Waals surface area contributed by atoms with E-state index >= 15 is 0 Å². The van der Waals surface area contributed by atoms with Crippen LogP contribution in [0.3, 0.4) is 0 Å². The third kappa shape index (κ3) is 6.81. The minimum absolute atomic E-state index is 0.260. The molecule has 0 saturated carbocycles. The number of ether oxygens (including phenoxy) is 3. The zero-order valence-corrected chi connectivity index (χ0v) is 19.9. The molecule has 9 nitrogen and oxygen atoms in total. The summed E-state index contributed by atoms with van der Waals surface area (Å²) in [6.45, 7) is 2.49. The molecule has 35 heavy (non-hydrogen) atoms. The Labute approximate surface area is 204 Å². The fraction of sp³-hybridized carbons (Fsp3) is 0.385. The summed E-state index contributed by atoms with van der Waals surface area (Å²) in [5.74, 6) is 1.84. The topological polar surface area (TPSA) is 111 Å². The van der Waals surface area contributed by atoms with Crippen LogP contribution < -0.4 is 19.5 Å². The second-order valence-corrected chi connectivity index (χ2v) is 8.36. The van der Waals surface area contributed by atoms with Gasteiger partial charge in [-0.2, -0.15) is 0 Å². The largest absolute Gasteiger partial charge is 0.485 e. The van der Waals surface area contributed by atoms with Crippen molar-refractivity contribution >= 4 is 11.6 Å². The van der Waals surface area contributed by atoms with Gasteiger partial charge in [0, 0.05) is 5.56 Å². The zero-order chi connectivity index (χ0) is 24.3. The quantitative estimate of drug-likeness (QED) is 0.258. The van der Waals surface area contributed by atoms with E-state index in [1.54, 1.807) is 48.7 Å². The van der Waals surface area contributed by atoms with E-state index in [1.165, 1.54) is 38.5 Å². The number of tetrazole rings is 1. The summed E-state index contributed by atoms with van der Waals surface area (Å²) in [7, 11) is 0. The van der Waals surface area contributed by atoms with E-state index in [0.29, 0.717) is 34.3 Å². The number of fused-ring (bicyclic) bond motifs is 1. The Hall–Kier alpha value is -3.88. The third-order valence-electron chi connectivity index (χ3n) is 5.69. The summed E-state index contributed by atoms with van der Waals surface area (Å²) in [6.07, 6.45) is 11.9. The predicted molar refractivity (Wildman–Crippen MR) is 132 cm³/mol. The Morgan fingerprint density at radius 3 is 2.77 bits per heavy atom. The molecule has 0 saturated heterocycles. The number of para-hydroxylation sites is 1. The first kappa shape index (κ1) is 24.3. The number of carbonyl (C=O) groups excluding carboxylic acids is 1. The van der Waals surface area contributed by atoms with Gasteiger partial charge in [0.15, 0.2) is 23.4 Å². The summed E-state index contributed by atoms with van der Waals surface area (Å²) in [5.41, 5.74) is 1.00. The molecule has 1 amide bonds. The molecule has 3 aromatic rings. The summed E-state index contributed by atoms with van der Waals surface area (Å²) >= 11 is 0. The van der Waals surface area contributed by atoms with E-state index in [0.717, 1.165) is 6.42 Å². The number of hydrogen-bond acceptors (Lipinski definition) is 7. The highest BCUT2D eigenvalue weighted by atomic mass is 16.6. The van der Waals surface area contributed by atoms with E-state index in [-0.39, 0.29) is 12.5 Å². The molecule has 1 unspecified atom stereocenters. The molecule has 1 aromatic heterocycles. The number of nitrogens with zero attached hydrogens (tertiary/aromatic N) is 3. The lowest BCUT2D eigenvalue weighted by Gasteiger charge is -2.26. The van der Waals surface area contributed by atoms with Crippen LogP contribution in [0, 0.1) is 0 Å². The highest BCUT2D eigenvalue weighted by Crippen LogP contribution is 2.41. The number of hydrogen-bond donors (Lipinski definition) is 2. The number of amides is 1. The van der Waals surface area contributed by atoms with Crippen molar-refractivity contribution < 1.29 is 19.0 Å². The number of H-pyrrole nitrogens is 1. The molecule has 0 fully saturated rings. The van der Waals surface area contributed by atoms with Gasteiger partial charge < -0.3 is 19.5 Å². The Balaban J connectivity index is 1.28. The Bertz CT molecular complexity index is 1100. The number of nitrogens with one attached hydrogen (secondary N) is 2. The lowest BCUT2D eigenvalue weighted by molar-refractivity contribution is 0.0856. The monoisotopic (exact) mass is 477 g/mol. The van der Waals surface area contributed by atoms with E-state index in [9.17, 15) is 4.79 Å². The van der Waals surface area contributed by atoms with Crippen molar-refractivity contribution in [2.75, 3.05) is 11.9 Å². The van der Waals surface area contributed by atoms with Crippen molar-refractivity contribution in [1.29, 1.82) is 0 Å². The molecule has 1 aliphatic heterocycles. The minimum Gasteiger partial charge on any atom is -0.485 e. The molecule has 2 N–H and O–H groups in total. The highest BCUT2D eigenvalue weighted by Gasteiger charge is 2.28. The standard InChI is InChI=1S/C26H31N5O4/c1-2-3-4-5-6-7-8-9-17-33-20-15-13-19(14-16-20)26(32)27-21-11-10-12-22-24(21)35-23(18-34-22)25-28-30-31-29-25/h9-17,23H,2-8,18H2,1H3,(H,27,32)(H,28,29,30,31). The maximum Gasteiger partial charge on any atom is 0.255 e. The first-order valence-corrected chi connectivity index (χ1v) is 12.1. The first-order chi connectivity index (χ1) is 17.2. The van der Waals surface area contributed by atoms with Crippen LogP contribution in [0.15, 0.2) is 54.8 Å². The van der Waals surface area contributed by atoms with Gasteiger partial charge >= 0.3 is 0 Å². The Kier molecular flexibility index (Phi) is 8.69.